The molecule has 1 unspecified atom stereocenters. The van der Waals surface area contributed by atoms with Gasteiger partial charge < -0.3 is 10.1 Å². The number of methoxy groups -OCH3 is 1. The maximum absolute atomic E-state index is 11.0. The van der Waals surface area contributed by atoms with Crippen LogP contribution in [0.1, 0.15) is 33.1 Å². The van der Waals surface area contributed by atoms with Crippen molar-refractivity contribution >= 4 is 11.5 Å². The Bertz CT molecular complexity index is 488. The van der Waals surface area contributed by atoms with E-state index in [0.29, 0.717) is 11.7 Å². The van der Waals surface area contributed by atoms with E-state index in [1.54, 1.807) is 0 Å². The van der Waals surface area contributed by atoms with E-state index < -0.39 is 4.92 Å². The van der Waals surface area contributed by atoms with Crippen molar-refractivity contribution in [3.63, 3.8) is 0 Å². The van der Waals surface area contributed by atoms with E-state index in [9.17, 15) is 10.1 Å². The minimum absolute atomic E-state index is 0.00879. The molecule has 2 rings (SSSR count). The Morgan fingerprint density at radius 1 is 1.53 bits per heavy atom. The highest BCUT2D eigenvalue weighted by Crippen LogP contribution is 2.39. The molecule has 104 valence electrons. The summed E-state index contributed by atoms with van der Waals surface area (Å²) in [6.07, 6.45) is 3.11. The zero-order valence-electron chi connectivity index (χ0n) is 11.5. The van der Waals surface area contributed by atoms with Crippen LogP contribution in [-0.4, -0.2) is 23.1 Å². The normalized spacial score (nSPS) is 21.1. The van der Waals surface area contributed by atoms with Crippen LogP contribution in [0.25, 0.3) is 0 Å². The third-order valence-electron chi connectivity index (χ3n) is 3.56. The van der Waals surface area contributed by atoms with E-state index in [0.717, 1.165) is 19.3 Å². The largest absolute Gasteiger partial charge is 0.481 e. The highest BCUT2D eigenvalue weighted by molar-refractivity contribution is 5.57. The summed E-state index contributed by atoms with van der Waals surface area (Å²) in [5.74, 6) is 0.678. The van der Waals surface area contributed by atoms with Gasteiger partial charge in [-0.3, -0.25) is 10.1 Å². The molecule has 6 heteroatoms. The first-order valence-electron chi connectivity index (χ1n) is 6.37. The molecule has 0 radical (unpaired) electrons. The molecule has 0 aliphatic heterocycles. The number of anilines is 1. The Hall–Kier alpha value is -1.85. The summed E-state index contributed by atoms with van der Waals surface area (Å²) in [5, 5.41) is 14.2. The van der Waals surface area contributed by atoms with Crippen molar-refractivity contribution in [2.75, 3.05) is 12.4 Å². The van der Waals surface area contributed by atoms with Gasteiger partial charge in [0, 0.05) is 18.2 Å². The van der Waals surface area contributed by atoms with Gasteiger partial charge >= 0.3 is 5.69 Å². The lowest BCUT2D eigenvalue weighted by molar-refractivity contribution is -0.384. The molecule has 1 aliphatic carbocycles. The van der Waals surface area contributed by atoms with E-state index >= 15 is 0 Å². The Balaban J connectivity index is 2.20. The smallest absolute Gasteiger partial charge is 0.311 e. The number of nitrogens with zero attached hydrogens (tertiary/aromatic N) is 2. The zero-order valence-corrected chi connectivity index (χ0v) is 11.5. The lowest BCUT2D eigenvalue weighted by atomic mass is 9.92. The Morgan fingerprint density at radius 2 is 2.26 bits per heavy atom. The van der Waals surface area contributed by atoms with Gasteiger partial charge in [-0.1, -0.05) is 13.8 Å². The van der Waals surface area contributed by atoms with Crippen molar-refractivity contribution < 1.29 is 9.66 Å². The Kier molecular flexibility index (Phi) is 3.59. The number of nitrogens with one attached hydrogen (secondary N) is 1. The van der Waals surface area contributed by atoms with Crippen molar-refractivity contribution in [2.24, 2.45) is 5.41 Å². The third-order valence-corrected chi connectivity index (χ3v) is 3.56. The van der Waals surface area contributed by atoms with E-state index in [-0.39, 0.29) is 17.1 Å². The first kappa shape index (κ1) is 13.6. The van der Waals surface area contributed by atoms with Gasteiger partial charge in [-0.2, -0.15) is 4.98 Å². The predicted octanol–water partition coefficient (Wildman–Crippen LogP) is 2.99. The standard InChI is InChI=1S/C13H19N3O3/c1-13(2)7-6-9(8-13)14-12-10(16(17)18)4-5-11(15-12)19-3/h4-5,9H,6-8H2,1-3H3,(H,14,15). The van der Waals surface area contributed by atoms with Crippen molar-refractivity contribution in [1.82, 2.24) is 4.98 Å². The number of ether oxygens (including phenoxy) is 1. The highest BCUT2D eigenvalue weighted by Gasteiger charge is 2.32. The maximum Gasteiger partial charge on any atom is 0.311 e. The van der Waals surface area contributed by atoms with Gasteiger partial charge in [-0.05, 0) is 24.7 Å². The van der Waals surface area contributed by atoms with Gasteiger partial charge in [0.2, 0.25) is 11.7 Å². The molecule has 6 nitrogen and oxygen atoms in total. The molecule has 0 aromatic carbocycles. The fourth-order valence-corrected chi connectivity index (χ4v) is 2.55. The summed E-state index contributed by atoms with van der Waals surface area (Å²) in [6, 6.07) is 3.16. The molecule has 1 heterocycles. The van der Waals surface area contributed by atoms with Gasteiger partial charge in [-0.25, -0.2) is 0 Å². The van der Waals surface area contributed by atoms with E-state index in [4.69, 9.17) is 4.74 Å². The molecular formula is C13H19N3O3. The van der Waals surface area contributed by atoms with Crippen LogP contribution in [0.15, 0.2) is 12.1 Å². The molecule has 1 N–H and O–H groups in total. The molecule has 1 aromatic heterocycles. The molecular weight excluding hydrogens is 246 g/mol. The number of hydrogen-bond acceptors (Lipinski definition) is 5. The second kappa shape index (κ2) is 5.03. The van der Waals surface area contributed by atoms with Crippen LogP contribution in [0, 0.1) is 15.5 Å². The van der Waals surface area contributed by atoms with Crippen LogP contribution in [0.4, 0.5) is 11.5 Å². The zero-order chi connectivity index (χ0) is 14.0. The van der Waals surface area contributed by atoms with Crippen LogP contribution in [0.3, 0.4) is 0 Å². The van der Waals surface area contributed by atoms with Crippen LogP contribution in [-0.2, 0) is 0 Å². The Labute approximate surface area is 112 Å². The maximum atomic E-state index is 11.0. The monoisotopic (exact) mass is 265 g/mol. The highest BCUT2D eigenvalue weighted by atomic mass is 16.6. The summed E-state index contributed by atoms with van der Waals surface area (Å²) < 4.78 is 5.02. The first-order chi connectivity index (χ1) is 8.91. The van der Waals surface area contributed by atoms with Gasteiger partial charge in [0.25, 0.3) is 0 Å². The molecule has 0 bridgehead atoms. The molecule has 1 aliphatic rings. The van der Waals surface area contributed by atoms with E-state index in [1.807, 2.05) is 0 Å². The summed E-state index contributed by atoms with van der Waals surface area (Å²) >= 11 is 0. The number of rotatable bonds is 4. The van der Waals surface area contributed by atoms with Crippen LogP contribution >= 0.6 is 0 Å². The molecule has 1 saturated carbocycles. The van der Waals surface area contributed by atoms with Crippen molar-refractivity contribution in [2.45, 2.75) is 39.2 Å². The Morgan fingerprint density at radius 3 is 2.79 bits per heavy atom. The molecule has 1 fully saturated rings. The SMILES string of the molecule is COc1ccc([N+](=O)[O-])c(NC2CCC(C)(C)C2)n1. The molecule has 0 amide bonds. The average Bonchev–Trinajstić information content (AvgIpc) is 2.68. The van der Waals surface area contributed by atoms with Crippen molar-refractivity contribution in [3.05, 3.63) is 22.2 Å². The van der Waals surface area contributed by atoms with Crippen LogP contribution in [0.2, 0.25) is 0 Å². The van der Waals surface area contributed by atoms with E-state index in [2.05, 4.69) is 24.1 Å². The van der Waals surface area contributed by atoms with Gasteiger partial charge in [0.1, 0.15) is 0 Å². The minimum atomic E-state index is -0.422. The summed E-state index contributed by atoms with van der Waals surface area (Å²) in [4.78, 5) is 14.7. The molecule has 0 spiro atoms. The first-order valence-corrected chi connectivity index (χ1v) is 6.37. The number of nitro groups is 1. The van der Waals surface area contributed by atoms with Crippen LogP contribution < -0.4 is 10.1 Å². The van der Waals surface area contributed by atoms with Gasteiger partial charge in [0.05, 0.1) is 12.0 Å². The molecule has 19 heavy (non-hydrogen) atoms. The van der Waals surface area contributed by atoms with Gasteiger partial charge in [0.15, 0.2) is 0 Å². The quantitative estimate of drug-likeness (QED) is 0.669. The second-order valence-corrected chi connectivity index (χ2v) is 5.73. The molecule has 1 atom stereocenters. The topological polar surface area (TPSA) is 77.3 Å². The predicted molar refractivity (Wildman–Crippen MR) is 72.5 cm³/mol. The van der Waals surface area contributed by atoms with Crippen molar-refractivity contribution in [3.8, 4) is 5.88 Å². The minimum Gasteiger partial charge on any atom is -0.481 e. The number of hydrogen-bond donors (Lipinski definition) is 1. The molecule has 0 saturated heterocycles. The van der Waals surface area contributed by atoms with E-state index in [1.165, 1.54) is 19.2 Å². The van der Waals surface area contributed by atoms with Gasteiger partial charge in [-0.15, -0.1) is 0 Å². The number of aromatic nitrogens is 1. The second-order valence-electron chi connectivity index (χ2n) is 5.73. The van der Waals surface area contributed by atoms with Crippen LogP contribution in [0.5, 0.6) is 5.88 Å². The van der Waals surface area contributed by atoms with Crippen molar-refractivity contribution in [1.29, 1.82) is 0 Å². The molecule has 1 aromatic rings. The summed E-state index contributed by atoms with van der Waals surface area (Å²) in [5.41, 5.74) is 0.274. The summed E-state index contributed by atoms with van der Waals surface area (Å²) in [7, 11) is 1.50. The lowest BCUT2D eigenvalue weighted by Gasteiger charge is -2.18. The summed E-state index contributed by atoms with van der Waals surface area (Å²) in [6.45, 7) is 4.42. The third kappa shape index (κ3) is 3.13. The number of pyridine rings is 1. The fraction of sp³-hybridized carbons (Fsp3) is 0.615. The average molecular weight is 265 g/mol. The lowest BCUT2D eigenvalue weighted by Crippen LogP contribution is -2.19. The fourth-order valence-electron chi connectivity index (χ4n) is 2.55.